The molecule has 0 unspecified atom stereocenters. The molecule has 76 valence electrons. The second-order valence-electron chi connectivity index (χ2n) is 3.53. The lowest BCUT2D eigenvalue weighted by Crippen LogP contribution is -2.13. The Hall–Kier alpha value is -0.280. The summed E-state index contributed by atoms with van der Waals surface area (Å²) >= 11 is 12.2. The Morgan fingerprint density at radius 2 is 1.93 bits per heavy atom. The van der Waals surface area contributed by atoms with E-state index < -0.39 is 4.33 Å². The van der Waals surface area contributed by atoms with Crippen LogP contribution in [0.2, 0.25) is 0 Å². The summed E-state index contributed by atoms with van der Waals surface area (Å²) in [5.41, 5.74) is 3.24. The minimum atomic E-state index is -0.739. The van der Waals surface area contributed by atoms with Crippen molar-refractivity contribution in [3.63, 3.8) is 0 Å². The van der Waals surface area contributed by atoms with Crippen molar-refractivity contribution in [3.8, 4) is 0 Å². The Kier molecular flexibility index (Phi) is 2.71. The third-order valence-corrected chi connectivity index (χ3v) is 3.70. The summed E-state index contributed by atoms with van der Waals surface area (Å²) in [7, 11) is 0. The van der Waals surface area contributed by atoms with Crippen LogP contribution < -0.4 is 5.48 Å². The average Bonchev–Trinajstić information content (AvgIpc) is 2.71. The van der Waals surface area contributed by atoms with Crippen LogP contribution in [0.1, 0.15) is 11.5 Å². The van der Waals surface area contributed by atoms with Crippen LogP contribution in [0.5, 0.6) is 0 Å². The lowest BCUT2D eigenvalue weighted by atomic mass is 10.1. The number of nitrogens with one attached hydrogen (secondary N) is 1. The summed E-state index contributed by atoms with van der Waals surface area (Å²) in [5.74, 6) is 0.199. The first-order valence-corrected chi connectivity index (χ1v) is 5.23. The van der Waals surface area contributed by atoms with Gasteiger partial charge in [-0.25, -0.2) is 5.48 Å². The number of halogens is 2. The minimum Gasteiger partial charge on any atom is -0.317 e. The summed E-state index contributed by atoms with van der Waals surface area (Å²) in [6, 6.07) is 9.88. The first kappa shape index (κ1) is 10.2. The van der Waals surface area contributed by atoms with E-state index in [1.165, 1.54) is 0 Å². The summed E-state index contributed by atoms with van der Waals surface area (Å²) < 4.78 is -0.739. The van der Waals surface area contributed by atoms with E-state index in [1.807, 2.05) is 30.3 Å². The van der Waals surface area contributed by atoms with Gasteiger partial charge >= 0.3 is 0 Å². The first-order valence-electron chi connectivity index (χ1n) is 4.47. The molecule has 0 heterocycles. The Labute approximate surface area is 92.8 Å². The molecule has 0 bridgehead atoms. The van der Waals surface area contributed by atoms with Gasteiger partial charge in [0.05, 0.1) is 0 Å². The maximum absolute atomic E-state index is 8.61. The van der Waals surface area contributed by atoms with Crippen molar-refractivity contribution in [2.45, 2.75) is 10.3 Å². The second-order valence-corrected chi connectivity index (χ2v) is 4.98. The predicted octanol–water partition coefficient (Wildman–Crippen LogP) is 2.55. The van der Waals surface area contributed by atoms with Crippen molar-refractivity contribution in [1.29, 1.82) is 0 Å². The summed E-state index contributed by atoms with van der Waals surface area (Å²) in [6.07, 6.45) is 0. The largest absolute Gasteiger partial charge is 0.317 e. The molecule has 0 aliphatic heterocycles. The molecule has 2 rings (SSSR count). The molecule has 4 heteroatoms. The molecule has 1 aliphatic rings. The second kappa shape index (κ2) is 3.70. The molecule has 0 radical (unpaired) electrons. The SMILES string of the molecule is ONC[C@@H]1[C@@H](c2ccccc2)C1(Cl)Cl. The van der Waals surface area contributed by atoms with Crippen molar-refractivity contribution < 1.29 is 5.21 Å². The molecule has 1 aromatic rings. The Morgan fingerprint density at radius 3 is 2.50 bits per heavy atom. The number of hydrogen-bond acceptors (Lipinski definition) is 2. The van der Waals surface area contributed by atoms with E-state index >= 15 is 0 Å². The predicted molar refractivity (Wildman–Crippen MR) is 56.9 cm³/mol. The van der Waals surface area contributed by atoms with Crippen molar-refractivity contribution in [2.75, 3.05) is 6.54 Å². The fourth-order valence-corrected chi connectivity index (χ4v) is 2.69. The van der Waals surface area contributed by atoms with Gasteiger partial charge in [0.2, 0.25) is 0 Å². The van der Waals surface area contributed by atoms with E-state index in [-0.39, 0.29) is 11.8 Å². The van der Waals surface area contributed by atoms with Crippen LogP contribution in [-0.4, -0.2) is 16.1 Å². The summed E-state index contributed by atoms with van der Waals surface area (Å²) in [5, 5.41) is 8.61. The highest BCUT2D eigenvalue weighted by Crippen LogP contribution is 2.64. The first-order chi connectivity index (χ1) is 6.68. The molecule has 0 aromatic heterocycles. The molecular weight excluding hydrogens is 221 g/mol. The quantitative estimate of drug-likeness (QED) is 0.620. The maximum atomic E-state index is 8.61. The van der Waals surface area contributed by atoms with E-state index in [9.17, 15) is 0 Å². The van der Waals surface area contributed by atoms with E-state index in [1.54, 1.807) is 0 Å². The molecule has 2 nitrogen and oxygen atoms in total. The van der Waals surface area contributed by atoms with E-state index in [2.05, 4.69) is 5.48 Å². The third-order valence-electron chi connectivity index (χ3n) is 2.67. The molecule has 1 aromatic carbocycles. The number of benzene rings is 1. The van der Waals surface area contributed by atoms with Crippen LogP contribution in [0.3, 0.4) is 0 Å². The van der Waals surface area contributed by atoms with Gasteiger partial charge in [0.25, 0.3) is 0 Å². The normalized spacial score (nSPS) is 28.8. The van der Waals surface area contributed by atoms with Crippen molar-refractivity contribution in [1.82, 2.24) is 5.48 Å². The van der Waals surface area contributed by atoms with Gasteiger partial charge < -0.3 is 5.21 Å². The zero-order valence-electron chi connectivity index (χ0n) is 7.45. The molecule has 1 saturated carbocycles. The lowest BCUT2D eigenvalue weighted by molar-refractivity contribution is 0.161. The van der Waals surface area contributed by atoms with Gasteiger partial charge in [-0.05, 0) is 5.56 Å². The van der Waals surface area contributed by atoms with Crippen molar-refractivity contribution >= 4 is 23.2 Å². The van der Waals surface area contributed by atoms with E-state index in [4.69, 9.17) is 28.4 Å². The molecule has 1 aliphatic carbocycles. The molecule has 2 N–H and O–H groups in total. The van der Waals surface area contributed by atoms with Gasteiger partial charge in [-0.15, -0.1) is 23.2 Å². The average molecular weight is 232 g/mol. The number of hydroxylamine groups is 1. The molecule has 14 heavy (non-hydrogen) atoms. The topological polar surface area (TPSA) is 32.3 Å². The van der Waals surface area contributed by atoms with Gasteiger partial charge in [-0.2, -0.15) is 0 Å². The Morgan fingerprint density at radius 1 is 1.29 bits per heavy atom. The highest BCUT2D eigenvalue weighted by molar-refractivity contribution is 6.52. The molecule has 0 spiro atoms. The Bertz CT molecular complexity index is 315. The third kappa shape index (κ3) is 1.63. The maximum Gasteiger partial charge on any atom is 0.130 e. The van der Waals surface area contributed by atoms with Crippen LogP contribution in [0.15, 0.2) is 30.3 Å². The zero-order valence-corrected chi connectivity index (χ0v) is 8.96. The van der Waals surface area contributed by atoms with Gasteiger partial charge in [0.1, 0.15) is 4.33 Å². The molecule has 0 saturated heterocycles. The minimum absolute atomic E-state index is 0.0817. The fraction of sp³-hybridized carbons (Fsp3) is 0.400. The number of hydrogen-bond donors (Lipinski definition) is 2. The van der Waals surface area contributed by atoms with Crippen LogP contribution in [-0.2, 0) is 0 Å². The smallest absolute Gasteiger partial charge is 0.130 e. The van der Waals surface area contributed by atoms with Crippen molar-refractivity contribution in [3.05, 3.63) is 35.9 Å². The fourth-order valence-electron chi connectivity index (χ4n) is 1.86. The van der Waals surface area contributed by atoms with Gasteiger partial charge in [-0.3, -0.25) is 0 Å². The van der Waals surface area contributed by atoms with Crippen LogP contribution in [0.4, 0.5) is 0 Å². The van der Waals surface area contributed by atoms with E-state index in [0.717, 1.165) is 5.56 Å². The van der Waals surface area contributed by atoms with Crippen molar-refractivity contribution in [2.24, 2.45) is 5.92 Å². The van der Waals surface area contributed by atoms with Gasteiger partial charge in [0.15, 0.2) is 0 Å². The highest BCUT2D eigenvalue weighted by atomic mass is 35.5. The molecule has 0 amide bonds. The molecule has 2 atom stereocenters. The van der Waals surface area contributed by atoms with Gasteiger partial charge in [-0.1, -0.05) is 30.3 Å². The highest BCUT2D eigenvalue weighted by Gasteiger charge is 2.63. The number of rotatable bonds is 3. The summed E-state index contributed by atoms with van der Waals surface area (Å²) in [6.45, 7) is 0.423. The van der Waals surface area contributed by atoms with E-state index in [0.29, 0.717) is 6.54 Å². The summed E-state index contributed by atoms with van der Waals surface area (Å²) in [4.78, 5) is 0. The molecular formula is C10H11Cl2NO. The van der Waals surface area contributed by atoms with Crippen LogP contribution >= 0.6 is 23.2 Å². The Balaban J connectivity index is 2.15. The van der Waals surface area contributed by atoms with Crippen LogP contribution in [0.25, 0.3) is 0 Å². The van der Waals surface area contributed by atoms with Gasteiger partial charge in [0, 0.05) is 18.4 Å². The lowest BCUT2D eigenvalue weighted by Gasteiger charge is -1.98. The zero-order chi connectivity index (χ0) is 10.2. The number of alkyl halides is 2. The van der Waals surface area contributed by atoms with Crippen LogP contribution in [0, 0.1) is 5.92 Å². The molecule has 1 fully saturated rings. The monoisotopic (exact) mass is 231 g/mol. The standard InChI is InChI=1S/C10H11Cl2NO/c11-10(12)8(6-13-14)9(10)7-4-2-1-3-5-7/h1-5,8-9,13-14H,6H2/t8-,9-/m1/s1.